The molecule has 0 saturated heterocycles. The second-order valence-corrected chi connectivity index (χ2v) is 6.83. The van der Waals surface area contributed by atoms with E-state index in [-0.39, 0.29) is 5.82 Å². The zero-order chi connectivity index (χ0) is 15.3. The highest BCUT2D eigenvalue weighted by Gasteiger charge is 2.38. The highest BCUT2D eigenvalue weighted by molar-refractivity contribution is 7.90. The molecule has 1 aromatic carbocycles. The standard InChI is InChI=1S/C12H10F3N3O2S/c13-12(14,15)9-3-1-8(2-4-9)11-16-7-18(17-11)21(19,20)10-5-6-10/h1-4,7,10H,5-6H2. The minimum absolute atomic E-state index is 0.0768. The number of nitrogens with zero attached hydrogens (tertiary/aromatic N) is 3. The number of halogens is 3. The van der Waals surface area contributed by atoms with Gasteiger partial charge in [-0.15, -0.1) is 9.19 Å². The highest BCUT2D eigenvalue weighted by Crippen LogP contribution is 2.31. The van der Waals surface area contributed by atoms with Crippen LogP contribution in [0.5, 0.6) is 0 Å². The van der Waals surface area contributed by atoms with E-state index >= 15 is 0 Å². The van der Waals surface area contributed by atoms with Crippen LogP contribution in [0.4, 0.5) is 13.2 Å². The van der Waals surface area contributed by atoms with Gasteiger partial charge in [-0.3, -0.25) is 0 Å². The molecule has 1 aliphatic carbocycles. The average Bonchev–Trinajstić information content (AvgIpc) is 3.16. The van der Waals surface area contributed by atoms with Gasteiger partial charge in [0.2, 0.25) is 0 Å². The predicted molar refractivity (Wildman–Crippen MR) is 67.8 cm³/mol. The van der Waals surface area contributed by atoms with Crippen molar-refractivity contribution in [3.05, 3.63) is 36.2 Å². The molecule has 0 unspecified atom stereocenters. The largest absolute Gasteiger partial charge is 0.416 e. The Morgan fingerprint density at radius 1 is 1.14 bits per heavy atom. The molecule has 0 atom stereocenters. The normalized spacial score (nSPS) is 16.1. The van der Waals surface area contributed by atoms with Crippen molar-refractivity contribution in [2.24, 2.45) is 0 Å². The van der Waals surface area contributed by atoms with E-state index in [4.69, 9.17) is 0 Å². The summed E-state index contributed by atoms with van der Waals surface area (Å²) in [6.45, 7) is 0. The summed E-state index contributed by atoms with van der Waals surface area (Å²) in [5.74, 6) is 0.0768. The highest BCUT2D eigenvalue weighted by atomic mass is 32.2. The van der Waals surface area contributed by atoms with Crippen LogP contribution in [0.25, 0.3) is 11.4 Å². The maximum absolute atomic E-state index is 12.5. The van der Waals surface area contributed by atoms with Crippen molar-refractivity contribution in [3.63, 3.8) is 0 Å². The van der Waals surface area contributed by atoms with E-state index in [1.165, 1.54) is 12.1 Å². The second-order valence-electron chi connectivity index (χ2n) is 4.76. The lowest BCUT2D eigenvalue weighted by Crippen LogP contribution is -2.17. The van der Waals surface area contributed by atoms with Crippen LogP contribution < -0.4 is 0 Å². The van der Waals surface area contributed by atoms with Gasteiger partial charge in [-0.05, 0) is 25.0 Å². The van der Waals surface area contributed by atoms with E-state index in [0.717, 1.165) is 22.5 Å². The number of hydrogen-bond acceptors (Lipinski definition) is 4. The van der Waals surface area contributed by atoms with Crippen molar-refractivity contribution in [1.82, 2.24) is 14.2 Å². The topological polar surface area (TPSA) is 64.8 Å². The van der Waals surface area contributed by atoms with E-state index in [0.29, 0.717) is 18.4 Å². The lowest BCUT2D eigenvalue weighted by atomic mass is 10.1. The van der Waals surface area contributed by atoms with Gasteiger partial charge >= 0.3 is 6.18 Å². The molecule has 1 aromatic heterocycles. The van der Waals surface area contributed by atoms with E-state index in [1.54, 1.807) is 0 Å². The first-order chi connectivity index (χ1) is 9.78. The Hall–Kier alpha value is -1.90. The summed E-state index contributed by atoms with van der Waals surface area (Å²) in [7, 11) is -3.52. The van der Waals surface area contributed by atoms with Crippen LogP contribution in [0.15, 0.2) is 30.6 Å². The molecular weight excluding hydrogens is 307 g/mol. The summed E-state index contributed by atoms with van der Waals surface area (Å²) < 4.78 is 62.1. The molecule has 112 valence electrons. The van der Waals surface area contributed by atoms with Crippen LogP contribution in [-0.4, -0.2) is 27.8 Å². The maximum Gasteiger partial charge on any atom is 0.416 e. The summed E-state index contributed by atoms with van der Waals surface area (Å²) in [6, 6.07) is 4.25. The van der Waals surface area contributed by atoms with Crippen LogP contribution >= 0.6 is 0 Å². The monoisotopic (exact) mass is 317 g/mol. The SMILES string of the molecule is O=S(=O)(C1CC1)n1cnc(-c2ccc(C(F)(F)F)cc2)n1. The molecule has 2 aromatic rings. The summed E-state index contributed by atoms with van der Waals surface area (Å²) in [4.78, 5) is 3.85. The van der Waals surface area contributed by atoms with Gasteiger partial charge < -0.3 is 0 Å². The van der Waals surface area contributed by atoms with Gasteiger partial charge in [-0.1, -0.05) is 12.1 Å². The fourth-order valence-corrected chi connectivity index (χ4v) is 3.24. The van der Waals surface area contributed by atoms with Crippen molar-refractivity contribution >= 4 is 10.0 Å². The quantitative estimate of drug-likeness (QED) is 0.871. The zero-order valence-corrected chi connectivity index (χ0v) is 11.4. The second kappa shape index (κ2) is 4.55. The molecular formula is C12H10F3N3O2S. The molecule has 5 nitrogen and oxygen atoms in total. The molecule has 9 heteroatoms. The third-order valence-corrected chi connectivity index (χ3v) is 5.16. The van der Waals surface area contributed by atoms with E-state index < -0.39 is 27.0 Å². The van der Waals surface area contributed by atoms with Crippen LogP contribution in [-0.2, 0) is 16.2 Å². The maximum atomic E-state index is 12.5. The number of benzene rings is 1. The van der Waals surface area contributed by atoms with Crippen molar-refractivity contribution in [3.8, 4) is 11.4 Å². The minimum atomic E-state index is -4.42. The number of rotatable bonds is 3. The molecule has 1 heterocycles. The molecule has 0 aliphatic heterocycles. The van der Waals surface area contributed by atoms with Crippen LogP contribution in [0, 0.1) is 0 Å². The van der Waals surface area contributed by atoms with Crippen LogP contribution in [0.2, 0.25) is 0 Å². The fourth-order valence-electron chi connectivity index (χ4n) is 1.83. The number of alkyl halides is 3. The van der Waals surface area contributed by atoms with Gasteiger partial charge in [0.15, 0.2) is 5.82 Å². The van der Waals surface area contributed by atoms with Crippen molar-refractivity contribution in [2.45, 2.75) is 24.3 Å². The van der Waals surface area contributed by atoms with Gasteiger partial charge in [-0.2, -0.15) is 13.2 Å². The molecule has 21 heavy (non-hydrogen) atoms. The molecule has 3 rings (SSSR count). The van der Waals surface area contributed by atoms with E-state index in [1.807, 2.05) is 0 Å². The van der Waals surface area contributed by atoms with Crippen LogP contribution in [0.1, 0.15) is 18.4 Å². The summed E-state index contributed by atoms with van der Waals surface area (Å²) in [5, 5.41) is 3.41. The molecule has 0 amide bonds. The van der Waals surface area contributed by atoms with Crippen LogP contribution in [0.3, 0.4) is 0 Å². The molecule has 0 bridgehead atoms. The van der Waals surface area contributed by atoms with Crippen molar-refractivity contribution in [2.75, 3.05) is 0 Å². The Balaban J connectivity index is 1.90. The van der Waals surface area contributed by atoms with Gasteiger partial charge in [0.25, 0.3) is 10.0 Å². The Morgan fingerprint density at radius 3 is 2.29 bits per heavy atom. The Kier molecular flexibility index (Phi) is 3.05. The summed E-state index contributed by atoms with van der Waals surface area (Å²) in [6.07, 6.45) is -2.16. The predicted octanol–water partition coefficient (Wildman–Crippen LogP) is 2.30. The van der Waals surface area contributed by atoms with Crippen molar-refractivity contribution < 1.29 is 21.6 Å². The Labute approximate surface area is 118 Å². The first-order valence-electron chi connectivity index (χ1n) is 6.12. The van der Waals surface area contributed by atoms with Crippen molar-refractivity contribution in [1.29, 1.82) is 0 Å². The first kappa shape index (κ1) is 14.1. The smallest absolute Gasteiger partial charge is 0.214 e. The lowest BCUT2D eigenvalue weighted by molar-refractivity contribution is -0.137. The Bertz CT molecular complexity index is 762. The Morgan fingerprint density at radius 2 is 1.76 bits per heavy atom. The van der Waals surface area contributed by atoms with Gasteiger partial charge in [0.1, 0.15) is 6.33 Å². The molecule has 0 spiro atoms. The molecule has 0 N–H and O–H groups in total. The van der Waals surface area contributed by atoms with Gasteiger partial charge in [-0.25, -0.2) is 13.4 Å². The zero-order valence-electron chi connectivity index (χ0n) is 10.6. The third kappa shape index (κ3) is 2.65. The van der Waals surface area contributed by atoms with E-state index in [2.05, 4.69) is 10.1 Å². The summed E-state index contributed by atoms with van der Waals surface area (Å²) >= 11 is 0. The van der Waals surface area contributed by atoms with Gasteiger partial charge in [0.05, 0.1) is 10.8 Å². The molecule has 1 aliphatic rings. The number of hydrogen-bond donors (Lipinski definition) is 0. The number of aromatic nitrogens is 3. The fraction of sp³-hybridized carbons (Fsp3) is 0.333. The lowest BCUT2D eigenvalue weighted by Gasteiger charge is -2.06. The average molecular weight is 317 g/mol. The van der Waals surface area contributed by atoms with Gasteiger partial charge in [0, 0.05) is 5.56 Å². The summed E-state index contributed by atoms with van der Waals surface area (Å²) in [5.41, 5.74) is -0.455. The molecule has 1 saturated carbocycles. The third-order valence-electron chi connectivity index (χ3n) is 3.15. The van der Waals surface area contributed by atoms with E-state index in [9.17, 15) is 21.6 Å². The minimum Gasteiger partial charge on any atom is -0.214 e. The molecule has 1 fully saturated rings. The first-order valence-corrected chi connectivity index (χ1v) is 7.62. The molecule has 0 radical (unpaired) electrons.